The van der Waals surface area contributed by atoms with Gasteiger partial charge in [-0.2, -0.15) is 11.8 Å². The van der Waals surface area contributed by atoms with E-state index in [1.165, 1.54) is 57.1 Å². The SMILES string of the molecule is CC/C=C/C1CCC2(CCC3(CCCS3)C2)C1. The lowest BCUT2D eigenvalue weighted by molar-refractivity contribution is 0.292. The van der Waals surface area contributed by atoms with Crippen molar-refractivity contribution >= 4 is 11.8 Å². The van der Waals surface area contributed by atoms with Crippen LogP contribution in [0.5, 0.6) is 0 Å². The van der Waals surface area contributed by atoms with E-state index in [4.69, 9.17) is 0 Å². The molecule has 2 saturated carbocycles. The van der Waals surface area contributed by atoms with Crippen molar-refractivity contribution in [3.8, 4) is 0 Å². The van der Waals surface area contributed by atoms with Gasteiger partial charge in [-0.3, -0.25) is 0 Å². The van der Waals surface area contributed by atoms with E-state index in [1.54, 1.807) is 6.42 Å². The van der Waals surface area contributed by atoms with Crippen LogP contribution in [-0.4, -0.2) is 10.5 Å². The van der Waals surface area contributed by atoms with Crippen molar-refractivity contribution in [2.75, 3.05) is 5.75 Å². The fraction of sp³-hybridized carbons (Fsp3) is 0.875. The zero-order valence-electron chi connectivity index (χ0n) is 11.2. The molecule has 3 unspecified atom stereocenters. The molecular weight excluding hydrogens is 224 g/mol. The Balaban J connectivity index is 1.63. The van der Waals surface area contributed by atoms with Gasteiger partial charge in [-0.15, -0.1) is 0 Å². The monoisotopic (exact) mass is 250 g/mol. The van der Waals surface area contributed by atoms with Crippen LogP contribution >= 0.6 is 11.8 Å². The lowest BCUT2D eigenvalue weighted by atomic mass is 9.82. The summed E-state index contributed by atoms with van der Waals surface area (Å²) in [6, 6.07) is 0. The third-order valence-corrected chi connectivity index (χ3v) is 7.04. The lowest BCUT2D eigenvalue weighted by Gasteiger charge is -2.27. The smallest absolute Gasteiger partial charge is 0.0165 e. The van der Waals surface area contributed by atoms with Crippen molar-refractivity contribution in [2.45, 2.75) is 69.5 Å². The normalized spacial score (nSPS) is 45.8. The Morgan fingerprint density at radius 1 is 1.24 bits per heavy atom. The molecular formula is C16H26S. The summed E-state index contributed by atoms with van der Waals surface area (Å²) < 4.78 is 0.739. The largest absolute Gasteiger partial charge is 0.155 e. The van der Waals surface area contributed by atoms with Crippen molar-refractivity contribution in [2.24, 2.45) is 11.3 Å². The minimum absolute atomic E-state index is 0.739. The van der Waals surface area contributed by atoms with Crippen LogP contribution in [-0.2, 0) is 0 Å². The molecule has 0 radical (unpaired) electrons. The molecule has 17 heavy (non-hydrogen) atoms. The van der Waals surface area contributed by atoms with Crippen LogP contribution in [0.4, 0.5) is 0 Å². The number of rotatable bonds is 2. The summed E-state index contributed by atoms with van der Waals surface area (Å²) >= 11 is 2.31. The Morgan fingerprint density at radius 2 is 2.18 bits per heavy atom. The van der Waals surface area contributed by atoms with Gasteiger partial charge in [-0.25, -0.2) is 0 Å². The minimum atomic E-state index is 0.739. The van der Waals surface area contributed by atoms with Gasteiger partial charge in [0.25, 0.3) is 0 Å². The summed E-state index contributed by atoms with van der Waals surface area (Å²) in [5, 5.41) is 0. The molecule has 3 fully saturated rings. The number of hydrogen-bond donors (Lipinski definition) is 0. The summed E-state index contributed by atoms with van der Waals surface area (Å²) in [6.07, 6.45) is 18.2. The summed E-state index contributed by atoms with van der Waals surface area (Å²) in [5.74, 6) is 2.35. The predicted octanol–water partition coefficient (Wildman–Crippen LogP) is 5.19. The summed E-state index contributed by atoms with van der Waals surface area (Å²) in [4.78, 5) is 0. The van der Waals surface area contributed by atoms with Gasteiger partial charge in [0, 0.05) is 4.75 Å². The molecule has 1 heterocycles. The first-order valence-corrected chi connectivity index (χ1v) is 8.55. The van der Waals surface area contributed by atoms with E-state index < -0.39 is 0 Å². The van der Waals surface area contributed by atoms with E-state index in [-0.39, 0.29) is 0 Å². The maximum absolute atomic E-state index is 2.52. The number of thioether (sulfide) groups is 1. The van der Waals surface area contributed by atoms with Gasteiger partial charge in [0.2, 0.25) is 0 Å². The van der Waals surface area contributed by atoms with E-state index in [0.717, 1.165) is 16.1 Å². The van der Waals surface area contributed by atoms with E-state index in [2.05, 4.69) is 30.8 Å². The highest BCUT2D eigenvalue weighted by Gasteiger charge is 2.51. The van der Waals surface area contributed by atoms with Crippen LogP contribution in [0, 0.1) is 11.3 Å². The highest BCUT2D eigenvalue weighted by molar-refractivity contribution is 8.00. The van der Waals surface area contributed by atoms with Crippen molar-refractivity contribution in [1.29, 1.82) is 0 Å². The molecule has 0 nitrogen and oxygen atoms in total. The molecule has 2 spiro atoms. The first kappa shape index (κ1) is 12.1. The molecule has 96 valence electrons. The van der Waals surface area contributed by atoms with Gasteiger partial charge in [-0.05, 0) is 74.9 Å². The Bertz CT molecular complexity index is 301. The first-order chi connectivity index (χ1) is 8.26. The van der Waals surface area contributed by atoms with Crippen LogP contribution in [0.15, 0.2) is 12.2 Å². The van der Waals surface area contributed by atoms with Crippen molar-refractivity contribution in [1.82, 2.24) is 0 Å². The zero-order valence-corrected chi connectivity index (χ0v) is 12.0. The molecule has 3 aliphatic rings. The highest BCUT2D eigenvalue weighted by Crippen LogP contribution is 2.62. The molecule has 3 atom stereocenters. The van der Waals surface area contributed by atoms with Gasteiger partial charge in [0.1, 0.15) is 0 Å². The molecule has 0 N–H and O–H groups in total. The van der Waals surface area contributed by atoms with E-state index in [0.29, 0.717) is 0 Å². The standard InChI is InChI=1S/C16H26S/c1-2-3-5-14-6-8-15(12-14)9-10-16(13-15)7-4-11-17-16/h3,5,14H,2,4,6-13H2,1H3/b5-3+. The Labute approximate surface area is 111 Å². The Hall–Kier alpha value is 0.0900. The summed E-state index contributed by atoms with van der Waals surface area (Å²) in [5.41, 5.74) is 0.764. The molecule has 2 aliphatic carbocycles. The molecule has 0 bridgehead atoms. The van der Waals surface area contributed by atoms with Crippen LogP contribution in [0.3, 0.4) is 0 Å². The molecule has 0 amide bonds. The Kier molecular flexibility index (Phi) is 3.32. The van der Waals surface area contributed by atoms with Crippen LogP contribution in [0.25, 0.3) is 0 Å². The van der Waals surface area contributed by atoms with Gasteiger partial charge >= 0.3 is 0 Å². The molecule has 3 rings (SSSR count). The third-order valence-electron chi connectivity index (χ3n) is 5.38. The van der Waals surface area contributed by atoms with E-state index in [1.807, 2.05) is 0 Å². The molecule has 1 saturated heterocycles. The maximum atomic E-state index is 2.52. The second-order valence-corrected chi connectivity index (χ2v) is 8.21. The molecule has 1 aliphatic heterocycles. The van der Waals surface area contributed by atoms with E-state index in [9.17, 15) is 0 Å². The average Bonchev–Trinajstić information content (AvgIpc) is 3.02. The Morgan fingerprint density at radius 3 is 2.94 bits per heavy atom. The minimum Gasteiger partial charge on any atom is -0.155 e. The van der Waals surface area contributed by atoms with Crippen LogP contribution < -0.4 is 0 Å². The zero-order chi connectivity index (χ0) is 11.8. The quantitative estimate of drug-likeness (QED) is 0.608. The molecule has 1 heteroatoms. The molecule has 0 aromatic carbocycles. The lowest BCUT2D eigenvalue weighted by Crippen LogP contribution is -2.20. The fourth-order valence-electron chi connectivity index (χ4n) is 4.58. The average molecular weight is 250 g/mol. The number of hydrogen-bond acceptors (Lipinski definition) is 1. The van der Waals surface area contributed by atoms with Crippen LogP contribution in [0.2, 0.25) is 0 Å². The third kappa shape index (κ3) is 2.32. The van der Waals surface area contributed by atoms with Gasteiger partial charge in [-0.1, -0.05) is 19.1 Å². The maximum Gasteiger partial charge on any atom is 0.0165 e. The molecule has 0 aromatic rings. The fourth-order valence-corrected chi connectivity index (χ4v) is 6.24. The topological polar surface area (TPSA) is 0 Å². The second-order valence-electron chi connectivity index (χ2n) is 6.65. The van der Waals surface area contributed by atoms with Gasteiger partial charge in [0.15, 0.2) is 0 Å². The predicted molar refractivity (Wildman–Crippen MR) is 77.5 cm³/mol. The van der Waals surface area contributed by atoms with Gasteiger partial charge in [0.05, 0.1) is 0 Å². The van der Waals surface area contributed by atoms with E-state index >= 15 is 0 Å². The summed E-state index contributed by atoms with van der Waals surface area (Å²) in [6.45, 7) is 2.25. The highest BCUT2D eigenvalue weighted by atomic mass is 32.2. The first-order valence-electron chi connectivity index (χ1n) is 7.57. The number of allylic oxidation sites excluding steroid dienone is 2. The van der Waals surface area contributed by atoms with Crippen molar-refractivity contribution in [3.05, 3.63) is 12.2 Å². The van der Waals surface area contributed by atoms with Crippen molar-refractivity contribution in [3.63, 3.8) is 0 Å². The van der Waals surface area contributed by atoms with Crippen LogP contribution in [0.1, 0.15) is 64.7 Å². The summed E-state index contributed by atoms with van der Waals surface area (Å²) in [7, 11) is 0. The van der Waals surface area contributed by atoms with Crippen molar-refractivity contribution < 1.29 is 0 Å². The second kappa shape index (κ2) is 4.64. The molecule has 0 aromatic heterocycles. The van der Waals surface area contributed by atoms with Gasteiger partial charge < -0.3 is 0 Å².